The fraction of sp³-hybridized carbons (Fsp3) is 0.643. The van der Waals surface area contributed by atoms with Gasteiger partial charge in [-0.1, -0.05) is 19.8 Å². The molecule has 1 fully saturated rings. The molecule has 1 saturated carbocycles. The van der Waals surface area contributed by atoms with Crippen molar-refractivity contribution in [2.24, 2.45) is 11.8 Å². The van der Waals surface area contributed by atoms with Crippen LogP contribution >= 0.6 is 0 Å². The maximum atomic E-state index is 5.83. The summed E-state index contributed by atoms with van der Waals surface area (Å²) < 4.78 is 5.83. The van der Waals surface area contributed by atoms with Crippen LogP contribution in [0.2, 0.25) is 0 Å². The van der Waals surface area contributed by atoms with Gasteiger partial charge in [0.25, 0.3) is 0 Å². The molecular weight excluding hydrogens is 212 g/mol. The first kappa shape index (κ1) is 12.2. The number of pyridine rings is 1. The van der Waals surface area contributed by atoms with E-state index in [9.17, 15) is 0 Å². The van der Waals surface area contributed by atoms with Crippen molar-refractivity contribution in [3.05, 3.63) is 18.5 Å². The quantitative estimate of drug-likeness (QED) is 0.867. The van der Waals surface area contributed by atoms with Gasteiger partial charge in [-0.2, -0.15) is 0 Å². The molecule has 94 valence electrons. The Morgan fingerprint density at radius 1 is 1.41 bits per heavy atom. The molecule has 1 N–H and O–H groups in total. The predicted molar refractivity (Wildman–Crippen MR) is 70.4 cm³/mol. The van der Waals surface area contributed by atoms with E-state index < -0.39 is 0 Å². The van der Waals surface area contributed by atoms with Crippen LogP contribution in [-0.4, -0.2) is 18.6 Å². The summed E-state index contributed by atoms with van der Waals surface area (Å²) in [7, 11) is 1.89. The van der Waals surface area contributed by atoms with Gasteiger partial charge >= 0.3 is 0 Å². The molecule has 0 radical (unpaired) electrons. The second-order valence-corrected chi connectivity index (χ2v) is 5.11. The summed E-state index contributed by atoms with van der Waals surface area (Å²) in [5.74, 6) is 2.45. The van der Waals surface area contributed by atoms with Crippen LogP contribution in [0.15, 0.2) is 18.5 Å². The molecule has 1 aromatic heterocycles. The van der Waals surface area contributed by atoms with Crippen LogP contribution in [0.25, 0.3) is 0 Å². The maximum Gasteiger partial charge on any atom is 0.139 e. The Morgan fingerprint density at radius 3 is 3.06 bits per heavy atom. The molecule has 3 heteroatoms. The molecule has 1 aliphatic carbocycles. The van der Waals surface area contributed by atoms with Crippen LogP contribution in [0.5, 0.6) is 5.75 Å². The van der Waals surface area contributed by atoms with Crippen LogP contribution in [-0.2, 0) is 0 Å². The van der Waals surface area contributed by atoms with Gasteiger partial charge in [0, 0.05) is 13.1 Å². The van der Waals surface area contributed by atoms with E-state index in [1.54, 1.807) is 12.4 Å². The van der Waals surface area contributed by atoms with E-state index in [1.807, 2.05) is 13.1 Å². The molecule has 1 aliphatic rings. The van der Waals surface area contributed by atoms with E-state index in [-0.39, 0.29) is 0 Å². The number of rotatable bonds is 4. The summed E-state index contributed by atoms with van der Waals surface area (Å²) in [6.45, 7) is 3.18. The summed E-state index contributed by atoms with van der Waals surface area (Å²) in [6.07, 6.45) is 8.93. The van der Waals surface area contributed by atoms with Gasteiger partial charge in [0.15, 0.2) is 0 Å². The average molecular weight is 234 g/mol. The van der Waals surface area contributed by atoms with Gasteiger partial charge in [-0.25, -0.2) is 0 Å². The molecule has 0 spiro atoms. The van der Waals surface area contributed by atoms with Crippen molar-refractivity contribution in [3.8, 4) is 5.75 Å². The largest absolute Gasteiger partial charge is 0.492 e. The topological polar surface area (TPSA) is 34.2 Å². The zero-order valence-electron chi connectivity index (χ0n) is 10.8. The average Bonchev–Trinajstić information content (AvgIpc) is 2.37. The van der Waals surface area contributed by atoms with Gasteiger partial charge in [-0.05, 0) is 24.7 Å². The van der Waals surface area contributed by atoms with Crippen LogP contribution in [0, 0.1) is 11.8 Å². The van der Waals surface area contributed by atoms with E-state index in [0.717, 1.165) is 29.9 Å². The van der Waals surface area contributed by atoms with Crippen molar-refractivity contribution in [1.82, 2.24) is 4.98 Å². The monoisotopic (exact) mass is 234 g/mol. The third-order valence-corrected chi connectivity index (χ3v) is 3.53. The van der Waals surface area contributed by atoms with Crippen molar-refractivity contribution in [3.63, 3.8) is 0 Å². The lowest BCUT2D eigenvalue weighted by Crippen LogP contribution is -2.19. The highest BCUT2D eigenvalue weighted by atomic mass is 16.5. The molecule has 0 amide bonds. The maximum absolute atomic E-state index is 5.83. The minimum Gasteiger partial charge on any atom is -0.492 e. The number of nitrogens with zero attached hydrogens (tertiary/aromatic N) is 1. The lowest BCUT2D eigenvalue weighted by atomic mass is 9.83. The molecule has 2 rings (SSSR count). The summed E-state index contributed by atoms with van der Waals surface area (Å²) >= 11 is 0. The molecule has 0 bridgehead atoms. The molecule has 1 aromatic rings. The van der Waals surface area contributed by atoms with Crippen LogP contribution < -0.4 is 10.1 Å². The lowest BCUT2D eigenvalue weighted by molar-refractivity contribution is 0.182. The highest BCUT2D eigenvalue weighted by Crippen LogP contribution is 2.29. The van der Waals surface area contributed by atoms with Crippen molar-refractivity contribution >= 4 is 5.69 Å². The van der Waals surface area contributed by atoms with Crippen LogP contribution in [0.3, 0.4) is 0 Å². The molecule has 0 aliphatic heterocycles. The first-order valence-corrected chi connectivity index (χ1v) is 6.53. The Kier molecular flexibility index (Phi) is 4.24. The SMILES string of the molecule is CNc1cncc(OCC2CCCC(C)C2)c1. The fourth-order valence-electron chi connectivity index (χ4n) is 2.56. The molecule has 0 aromatic carbocycles. The molecular formula is C14H22N2O. The Labute approximate surface area is 104 Å². The highest BCUT2D eigenvalue weighted by molar-refractivity contribution is 5.44. The standard InChI is InChI=1S/C14H22N2O/c1-11-4-3-5-12(6-11)10-17-14-7-13(15-2)8-16-9-14/h7-9,11-12,15H,3-6,10H2,1-2H3. The molecule has 1 heterocycles. The molecule has 17 heavy (non-hydrogen) atoms. The molecule has 0 saturated heterocycles. The van der Waals surface area contributed by atoms with Gasteiger partial charge in [0.05, 0.1) is 24.7 Å². The van der Waals surface area contributed by atoms with E-state index >= 15 is 0 Å². The minimum absolute atomic E-state index is 0.719. The van der Waals surface area contributed by atoms with Crippen molar-refractivity contribution < 1.29 is 4.74 Å². The molecule has 2 unspecified atom stereocenters. The fourth-order valence-corrected chi connectivity index (χ4v) is 2.56. The van der Waals surface area contributed by atoms with Crippen LogP contribution in [0.1, 0.15) is 32.6 Å². The summed E-state index contributed by atoms with van der Waals surface area (Å²) in [5.41, 5.74) is 1.000. The second kappa shape index (κ2) is 5.89. The third kappa shape index (κ3) is 3.62. The zero-order chi connectivity index (χ0) is 12.1. The Balaban J connectivity index is 1.84. The first-order chi connectivity index (χ1) is 8.28. The normalized spacial score (nSPS) is 24.4. The van der Waals surface area contributed by atoms with Crippen molar-refractivity contribution in [2.75, 3.05) is 19.0 Å². The van der Waals surface area contributed by atoms with E-state index in [1.165, 1.54) is 25.7 Å². The summed E-state index contributed by atoms with van der Waals surface area (Å²) in [4.78, 5) is 4.15. The zero-order valence-corrected chi connectivity index (χ0v) is 10.8. The summed E-state index contributed by atoms with van der Waals surface area (Å²) in [6, 6.07) is 2.00. The van der Waals surface area contributed by atoms with Gasteiger partial charge in [-0.15, -0.1) is 0 Å². The Bertz CT molecular complexity index is 354. The van der Waals surface area contributed by atoms with E-state index in [2.05, 4.69) is 17.2 Å². The molecule has 2 atom stereocenters. The number of ether oxygens (including phenoxy) is 1. The number of hydrogen-bond acceptors (Lipinski definition) is 3. The first-order valence-electron chi connectivity index (χ1n) is 6.53. The second-order valence-electron chi connectivity index (χ2n) is 5.11. The number of nitrogens with one attached hydrogen (secondary N) is 1. The Hall–Kier alpha value is -1.25. The number of hydrogen-bond donors (Lipinski definition) is 1. The number of aromatic nitrogens is 1. The highest BCUT2D eigenvalue weighted by Gasteiger charge is 2.19. The van der Waals surface area contributed by atoms with Crippen LogP contribution in [0.4, 0.5) is 5.69 Å². The molecule has 3 nitrogen and oxygen atoms in total. The van der Waals surface area contributed by atoms with E-state index in [4.69, 9.17) is 4.74 Å². The van der Waals surface area contributed by atoms with E-state index in [0.29, 0.717) is 0 Å². The van der Waals surface area contributed by atoms with Crippen molar-refractivity contribution in [1.29, 1.82) is 0 Å². The van der Waals surface area contributed by atoms with Gasteiger partial charge < -0.3 is 10.1 Å². The Morgan fingerprint density at radius 2 is 2.29 bits per heavy atom. The van der Waals surface area contributed by atoms with Crippen molar-refractivity contribution in [2.45, 2.75) is 32.6 Å². The van der Waals surface area contributed by atoms with Gasteiger partial charge in [-0.3, -0.25) is 4.98 Å². The predicted octanol–water partition coefficient (Wildman–Crippen LogP) is 3.33. The smallest absolute Gasteiger partial charge is 0.139 e. The minimum atomic E-state index is 0.719. The third-order valence-electron chi connectivity index (χ3n) is 3.53. The number of anilines is 1. The van der Waals surface area contributed by atoms with Gasteiger partial charge in [0.1, 0.15) is 5.75 Å². The van der Waals surface area contributed by atoms with Gasteiger partial charge in [0.2, 0.25) is 0 Å². The lowest BCUT2D eigenvalue weighted by Gasteiger charge is -2.26. The summed E-state index contributed by atoms with van der Waals surface area (Å²) in [5, 5.41) is 3.07.